The second-order valence-electron chi connectivity index (χ2n) is 5.89. The highest BCUT2D eigenvalue weighted by Gasteiger charge is 2.30. The van der Waals surface area contributed by atoms with E-state index in [0.717, 1.165) is 16.3 Å². The summed E-state index contributed by atoms with van der Waals surface area (Å²) in [6.07, 6.45) is 0.436. The van der Waals surface area contributed by atoms with Crippen LogP contribution in [0.4, 0.5) is 0 Å². The summed E-state index contributed by atoms with van der Waals surface area (Å²) in [6, 6.07) is 18.6. The van der Waals surface area contributed by atoms with Gasteiger partial charge in [0.2, 0.25) is 0 Å². The van der Waals surface area contributed by atoms with E-state index >= 15 is 0 Å². The predicted molar refractivity (Wildman–Crippen MR) is 89.8 cm³/mol. The van der Waals surface area contributed by atoms with Gasteiger partial charge in [0.1, 0.15) is 5.54 Å². The van der Waals surface area contributed by atoms with E-state index in [2.05, 4.69) is 30.3 Å². The quantitative estimate of drug-likeness (QED) is 0.594. The van der Waals surface area contributed by atoms with Gasteiger partial charge in [0, 0.05) is 6.42 Å². The normalized spacial score (nSPS) is 14.0. The molecule has 0 spiro atoms. The summed E-state index contributed by atoms with van der Waals surface area (Å²) in [6.45, 7) is 1.71. The number of esters is 1. The largest absolute Gasteiger partial charge is 0.468 e. The van der Waals surface area contributed by atoms with Gasteiger partial charge < -0.3 is 10.5 Å². The lowest BCUT2D eigenvalue weighted by molar-refractivity contribution is -0.146. The maximum absolute atomic E-state index is 11.9. The molecule has 0 saturated carbocycles. The highest BCUT2D eigenvalue weighted by Crippen LogP contribution is 2.30. The zero-order valence-corrected chi connectivity index (χ0v) is 12.8. The van der Waals surface area contributed by atoms with E-state index in [-0.39, 0.29) is 0 Å². The molecule has 0 fully saturated rings. The van der Waals surface area contributed by atoms with Gasteiger partial charge in [0.15, 0.2) is 0 Å². The molecule has 0 saturated heterocycles. The summed E-state index contributed by atoms with van der Waals surface area (Å²) >= 11 is 0. The van der Waals surface area contributed by atoms with Gasteiger partial charge in [-0.05, 0) is 34.0 Å². The molecule has 0 aliphatic carbocycles. The number of carbonyl (C=O) groups is 1. The second-order valence-corrected chi connectivity index (χ2v) is 5.89. The van der Waals surface area contributed by atoms with E-state index in [4.69, 9.17) is 10.5 Å². The van der Waals surface area contributed by atoms with E-state index in [0.29, 0.717) is 6.42 Å². The Bertz CT molecular complexity index is 852. The Morgan fingerprint density at radius 1 is 1.05 bits per heavy atom. The molecule has 0 radical (unpaired) electrons. The van der Waals surface area contributed by atoms with Crippen molar-refractivity contribution in [3.63, 3.8) is 0 Å². The van der Waals surface area contributed by atoms with Crippen molar-refractivity contribution >= 4 is 27.5 Å². The Kier molecular flexibility index (Phi) is 3.59. The van der Waals surface area contributed by atoms with Crippen molar-refractivity contribution in [1.29, 1.82) is 0 Å². The molecule has 1 atom stereocenters. The molecule has 3 heteroatoms. The Morgan fingerprint density at radius 3 is 2.32 bits per heavy atom. The van der Waals surface area contributed by atoms with E-state index in [1.165, 1.54) is 17.9 Å². The summed E-state index contributed by atoms with van der Waals surface area (Å²) in [5, 5.41) is 4.66. The fourth-order valence-electron chi connectivity index (χ4n) is 2.98. The fourth-order valence-corrected chi connectivity index (χ4v) is 2.98. The van der Waals surface area contributed by atoms with E-state index in [1.54, 1.807) is 6.92 Å². The van der Waals surface area contributed by atoms with Crippen LogP contribution in [-0.2, 0) is 16.0 Å². The smallest absolute Gasteiger partial charge is 0.325 e. The van der Waals surface area contributed by atoms with Crippen molar-refractivity contribution in [3.8, 4) is 0 Å². The number of hydrogen-bond donors (Lipinski definition) is 1. The van der Waals surface area contributed by atoms with Crippen molar-refractivity contribution in [2.75, 3.05) is 7.11 Å². The number of hydrogen-bond acceptors (Lipinski definition) is 3. The molecule has 0 amide bonds. The van der Waals surface area contributed by atoms with Gasteiger partial charge in [-0.3, -0.25) is 4.79 Å². The first-order chi connectivity index (χ1) is 10.5. The van der Waals surface area contributed by atoms with Crippen molar-refractivity contribution in [2.45, 2.75) is 18.9 Å². The molecule has 3 aromatic rings. The van der Waals surface area contributed by atoms with Crippen LogP contribution in [0.5, 0.6) is 0 Å². The monoisotopic (exact) mass is 293 g/mol. The van der Waals surface area contributed by atoms with Gasteiger partial charge in [-0.2, -0.15) is 0 Å². The molecule has 0 aromatic heterocycles. The number of carbonyl (C=O) groups excluding carboxylic acids is 1. The van der Waals surface area contributed by atoms with Gasteiger partial charge in [-0.15, -0.1) is 0 Å². The summed E-state index contributed by atoms with van der Waals surface area (Å²) in [7, 11) is 1.37. The van der Waals surface area contributed by atoms with Crippen molar-refractivity contribution in [2.24, 2.45) is 5.73 Å². The second kappa shape index (κ2) is 5.43. The van der Waals surface area contributed by atoms with Crippen LogP contribution < -0.4 is 5.73 Å². The van der Waals surface area contributed by atoms with Gasteiger partial charge in [0.25, 0.3) is 0 Å². The van der Waals surface area contributed by atoms with Crippen LogP contribution in [0.15, 0.2) is 54.6 Å². The van der Waals surface area contributed by atoms with E-state index in [9.17, 15) is 4.79 Å². The Hall–Kier alpha value is -2.39. The fraction of sp³-hybridized carbons (Fsp3) is 0.211. The van der Waals surface area contributed by atoms with Crippen LogP contribution in [0.3, 0.4) is 0 Å². The van der Waals surface area contributed by atoms with Crippen LogP contribution in [0.1, 0.15) is 12.5 Å². The summed E-state index contributed by atoms with van der Waals surface area (Å²) in [4.78, 5) is 11.9. The minimum absolute atomic E-state index is 0.398. The highest BCUT2D eigenvalue weighted by atomic mass is 16.5. The lowest BCUT2D eigenvalue weighted by Gasteiger charge is -2.22. The predicted octanol–water partition coefficient (Wildman–Crippen LogP) is 3.43. The zero-order chi connectivity index (χ0) is 15.7. The molecule has 2 N–H and O–H groups in total. The Balaban J connectivity index is 2.22. The van der Waals surface area contributed by atoms with Gasteiger partial charge in [0.05, 0.1) is 7.11 Å². The first-order valence-electron chi connectivity index (χ1n) is 7.29. The average Bonchev–Trinajstić information content (AvgIpc) is 2.54. The zero-order valence-electron chi connectivity index (χ0n) is 12.8. The molecule has 3 nitrogen and oxygen atoms in total. The van der Waals surface area contributed by atoms with Crippen molar-refractivity contribution in [1.82, 2.24) is 0 Å². The number of ether oxygens (including phenoxy) is 1. The molecule has 0 aliphatic heterocycles. The molecule has 0 bridgehead atoms. The third kappa shape index (κ3) is 2.44. The molecule has 0 aliphatic rings. The number of benzene rings is 3. The molecule has 3 rings (SSSR count). The third-order valence-corrected chi connectivity index (χ3v) is 4.06. The maximum atomic E-state index is 11.9. The minimum Gasteiger partial charge on any atom is -0.468 e. The van der Waals surface area contributed by atoms with Crippen LogP contribution in [-0.4, -0.2) is 18.6 Å². The van der Waals surface area contributed by atoms with Gasteiger partial charge >= 0.3 is 5.97 Å². The van der Waals surface area contributed by atoms with Crippen molar-refractivity contribution in [3.05, 3.63) is 60.2 Å². The van der Waals surface area contributed by atoms with Crippen molar-refractivity contribution < 1.29 is 9.53 Å². The lowest BCUT2D eigenvalue weighted by atomic mass is 9.88. The standard InChI is InChI=1S/C19H19NO2/c1-19(20,18(21)22-2)12-14-11-13-7-3-4-8-15(13)17-10-6-5-9-16(14)17/h3-11H,12,20H2,1-2H3. The van der Waals surface area contributed by atoms with Gasteiger partial charge in [-0.25, -0.2) is 0 Å². The third-order valence-electron chi connectivity index (χ3n) is 4.06. The molecular weight excluding hydrogens is 274 g/mol. The van der Waals surface area contributed by atoms with E-state index in [1.807, 2.05) is 24.3 Å². The summed E-state index contributed by atoms with van der Waals surface area (Å²) in [5.41, 5.74) is 6.18. The highest BCUT2D eigenvalue weighted by molar-refractivity contribution is 6.09. The van der Waals surface area contributed by atoms with Crippen LogP contribution >= 0.6 is 0 Å². The molecule has 112 valence electrons. The number of fused-ring (bicyclic) bond motifs is 3. The average molecular weight is 293 g/mol. The number of nitrogens with two attached hydrogens (primary N) is 1. The Labute approximate surface area is 129 Å². The summed E-state index contributed by atoms with van der Waals surface area (Å²) < 4.78 is 4.82. The van der Waals surface area contributed by atoms with Gasteiger partial charge in [-0.1, -0.05) is 54.6 Å². The molecule has 1 unspecified atom stereocenters. The number of rotatable bonds is 3. The van der Waals surface area contributed by atoms with E-state index < -0.39 is 11.5 Å². The Morgan fingerprint density at radius 2 is 1.64 bits per heavy atom. The molecule has 22 heavy (non-hydrogen) atoms. The van der Waals surface area contributed by atoms with Crippen LogP contribution in [0, 0.1) is 0 Å². The maximum Gasteiger partial charge on any atom is 0.325 e. The summed E-state index contributed by atoms with van der Waals surface area (Å²) in [5.74, 6) is -0.398. The van der Waals surface area contributed by atoms with Crippen LogP contribution in [0.2, 0.25) is 0 Å². The molecule has 0 heterocycles. The lowest BCUT2D eigenvalue weighted by Crippen LogP contribution is -2.47. The first kappa shape index (κ1) is 14.5. The first-order valence-corrected chi connectivity index (χ1v) is 7.29. The minimum atomic E-state index is -1.04. The molecule has 3 aromatic carbocycles. The molecular formula is C19H19NO2. The van der Waals surface area contributed by atoms with Crippen LogP contribution in [0.25, 0.3) is 21.5 Å². The topological polar surface area (TPSA) is 52.3 Å². The SMILES string of the molecule is COC(=O)C(C)(N)Cc1cc2ccccc2c2ccccc12. The number of methoxy groups -OCH3 is 1.